The Bertz CT molecular complexity index is 80.1. The summed E-state index contributed by atoms with van der Waals surface area (Å²) in [5, 5.41) is 0. The molecule has 0 saturated heterocycles. The van der Waals surface area contributed by atoms with Gasteiger partial charge in [-0.1, -0.05) is 4.73 Å². The average molecular weight is 195 g/mol. The van der Waals surface area contributed by atoms with Crippen LogP contribution in [0.15, 0.2) is 0 Å². The quantitative estimate of drug-likeness (QED) is 0.430. The Morgan fingerprint density at radius 1 is 1.50 bits per heavy atom. The van der Waals surface area contributed by atoms with Crippen molar-refractivity contribution in [1.29, 1.82) is 0 Å². The third-order valence-corrected chi connectivity index (χ3v) is 0.270. The molecule has 4 nitrogen and oxygen atoms in total. The van der Waals surface area contributed by atoms with Gasteiger partial charge in [0.2, 0.25) is 0 Å². The molecule has 0 unspecified atom stereocenters. The zero-order valence-electron chi connectivity index (χ0n) is 2.91. The SMILES string of the molecule is O=P(O)(O)OF.[Mn].[NaH]. The molecule has 0 amide bonds. The van der Waals surface area contributed by atoms with Gasteiger partial charge < -0.3 is 9.79 Å². The fraction of sp³-hybridized carbons (Fsp3) is 0. The van der Waals surface area contributed by atoms with E-state index in [0.29, 0.717) is 0 Å². The molecule has 8 heavy (non-hydrogen) atoms. The van der Waals surface area contributed by atoms with Gasteiger partial charge >= 0.3 is 37.4 Å². The van der Waals surface area contributed by atoms with Gasteiger partial charge in [-0.25, -0.2) is 4.57 Å². The Morgan fingerprint density at radius 3 is 1.62 bits per heavy atom. The molecule has 0 heterocycles. The molecule has 0 rings (SSSR count). The maximum atomic E-state index is 10.2. The van der Waals surface area contributed by atoms with Gasteiger partial charge in [0.05, 0.1) is 0 Å². The number of rotatable bonds is 1. The van der Waals surface area contributed by atoms with E-state index in [9.17, 15) is 4.53 Å². The number of phosphoric acid groups is 1. The number of halogens is 1. The molecular weight excluding hydrogens is 192 g/mol. The third-order valence-electron chi connectivity index (χ3n) is 0.0899. The molecule has 0 aliphatic rings. The minimum atomic E-state index is -4.81. The molecule has 0 bridgehead atoms. The van der Waals surface area contributed by atoms with E-state index >= 15 is 0 Å². The Balaban J connectivity index is -0.000000125. The van der Waals surface area contributed by atoms with Gasteiger partial charge in [0.1, 0.15) is 0 Å². The van der Waals surface area contributed by atoms with E-state index in [1.54, 1.807) is 0 Å². The normalized spacial score (nSPS) is 8.88. The van der Waals surface area contributed by atoms with Crippen LogP contribution in [0, 0.1) is 0 Å². The van der Waals surface area contributed by atoms with Crippen LogP contribution >= 0.6 is 7.82 Å². The van der Waals surface area contributed by atoms with E-state index in [1.807, 2.05) is 0 Å². The topological polar surface area (TPSA) is 66.8 Å². The van der Waals surface area contributed by atoms with E-state index in [-0.39, 0.29) is 46.6 Å². The van der Waals surface area contributed by atoms with Crippen molar-refractivity contribution < 1.29 is 40.7 Å². The maximum absolute atomic E-state index is 10.2. The Kier molecular flexibility index (Phi) is 13.6. The Morgan fingerprint density at radius 2 is 1.62 bits per heavy atom. The summed E-state index contributed by atoms with van der Waals surface area (Å²) in [6.45, 7) is 0. The van der Waals surface area contributed by atoms with Crippen molar-refractivity contribution in [3.63, 3.8) is 0 Å². The summed E-state index contributed by atoms with van der Waals surface area (Å²) in [4.78, 5) is 14.7. The predicted octanol–water partition coefficient (Wildman–Crippen LogP) is -0.671. The molecule has 0 aliphatic carbocycles. The van der Waals surface area contributed by atoms with Crippen molar-refractivity contribution in [2.75, 3.05) is 0 Å². The molecule has 47 valence electrons. The van der Waals surface area contributed by atoms with Crippen LogP contribution in [-0.2, 0) is 26.4 Å². The van der Waals surface area contributed by atoms with Crippen LogP contribution in [0.4, 0.5) is 4.53 Å². The van der Waals surface area contributed by atoms with Gasteiger partial charge in [-0.3, -0.25) is 0 Å². The summed E-state index contributed by atoms with van der Waals surface area (Å²) in [5.74, 6) is 0. The van der Waals surface area contributed by atoms with Gasteiger partial charge in [0.15, 0.2) is 0 Å². The van der Waals surface area contributed by atoms with Gasteiger partial charge in [-0.15, -0.1) is 0 Å². The van der Waals surface area contributed by atoms with Crippen LogP contribution < -0.4 is 0 Å². The summed E-state index contributed by atoms with van der Waals surface area (Å²) >= 11 is 0. The van der Waals surface area contributed by atoms with E-state index in [2.05, 4.69) is 4.73 Å². The first-order valence-electron chi connectivity index (χ1n) is 0.919. The predicted molar refractivity (Wildman–Crippen MR) is 21.4 cm³/mol. The minimum absolute atomic E-state index is 0. The molecule has 0 atom stereocenters. The summed E-state index contributed by atoms with van der Waals surface area (Å²) in [6.07, 6.45) is 0. The van der Waals surface area contributed by atoms with Gasteiger partial charge in [0.25, 0.3) is 0 Å². The third kappa shape index (κ3) is 15.6. The van der Waals surface area contributed by atoms with Crippen LogP contribution in [0.1, 0.15) is 0 Å². The van der Waals surface area contributed by atoms with Crippen LogP contribution in [0.2, 0.25) is 0 Å². The van der Waals surface area contributed by atoms with Crippen molar-refractivity contribution in [1.82, 2.24) is 0 Å². The fourth-order valence-electron chi connectivity index (χ4n) is 0. The molecule has 0 aliphatic heterocycles. The molecule has 0 saturated carbocycles. The molecule has 0 spiro atoms. The molecule has 0 aromatic rings. The van der Waals surface area contributed by atoms with E-state index in [0.717, 1.165) is 0 Å². The first-order valence-corrected chi connectivity index (χ1v) is 2.45. The summed E-state index contributed by atoms with van der Waals surface area (Å²) in [5.41, 5.74) is 0. The molecule has 1 radical (unpaired) electrons. The second kappa shape index (κ2) is 6.68. The first-order chi connectivity index (χ1) is 2.56. The van der Waals surface area contributed by atoms with Crippen LogP contribution in [-0.4, -0.2) is 39.3 Å². The van der Waals surface area contributed by atoms with Crippen molar-refractivity contribution >= 4 is 37.4 Å². The second-order valence-corrected chi connectivity index (χ2v) is 1.68. The molecule has 2 N–H and O–H groups in total. The molecule has 0 aromatic carbocycles. The zero-order valence-corrected chi connectivity index (χ0v) is 4.99. The Labute approximate surface area is 77.7 Å². The van der Waals surface area contributed by atoms with Crippen LogP contribution in [0.5, 0.6) is 0 Å². The number of hydrogen-bond donors (Lipinski definition) is 2. The number of hydrogen-bond acceptors (Lipinski definition) is 2. The average Bonchev–Trinajstić information content (AvgIpc) is 1.35. The van der Waals surface area contributed by atoms with E-state index in [4.69, 9.17) is 14.4 Å². The molecular formula is H3FMnNaO4P. The van der Waals surface area contributed by atoms with Crippen molar-refractivity contribution in [2.45, 2.75) is 0 Å². The van der Waals surface area contributed by atoms with E-state index in [1.165, 1.54) is 0 Å². The standard InChI is InChI=1S/FH2O4P.Mn.Na.H/c1-5-6(2,3)4;;;/h(H2,2,3,4);;;. The van der Waals surface area contributed by atoms with E-state index < -0.39 is 7.82 Å². The van der Waals surface area contributed by atoms with Gasteiger partial charge in [-0.2, -0.15) is 0 Å². The van der Waals surface area contributed by atoms with Crippen LogP contribution in [0.3, 0.4) is 0 Å². The molecule has 8 heteroatoms. The first kappa shape index (κ1) is 16.3. The summed E-state index contributed by atoms with van der Waals surface area (Å²) < 4.78 is 21.4. The second-order valence-electron chi connectivity index (χ2n) is 0.560. The fourth-order valence-corrected chi connectivity index (χ4v) is 0. The molecule has 0 aromatic heterocycles. The van der Waals surface area contributed by atoms with Gasteiger partial charge in [0, 0.05) is 17.1 Å². The summed E-state index contributed by atoms with van der Waals surface area (Å²) in [6, 6.07) is 0. The van der Waals surface area contributed by atoms with Crippen LogP contribution in [0.25, 0.3) is 0 Å². The molecule has 0 fully saturated rings. The van der Waals surface area contributed by atoms with Crippen molar-refractivity contribution in [2.24, 2.45) is 0 Å². The van der Waals surface area contributed by atoms with Gasteiger partial charge in [-0.05, 0) is 4.53 Å². The van der Waals surface area contributed by atoms with Crippen molar-refractivity contribution in [3.05, 3.63) is 0 Å². The Hall–Kier alpha value is 1.56. The zero-order chi connectivity index (χ0) is 5.21. The summed E-state index contributed by atoms with van der Waals surface area (Å²) in [7, 11) is -4.81. The van der Waals surface area contributed by atoms with Crippen molar-refractivity contribution in [3.8, 4) is 0 Å². The monoisotopic (exact) mass is 195 g/mol.